The zero-order valence-electron chi connectivity index (χ0n) is 14.7. The van der Waals surface area contributed by atoms with Gasteiger partial charge in [-0.15, -0.1) is 0 Å². The highest BCUT2D eigenvalue weighted by Gasteiger charge is 2.33. The molecule has 1 heterocycles. The lowest BCUT2D eigenvalue weighted by molar-refractivity contribution is -0.138. The minimum atomic E-state index is -0.530. The zero-order valence-corrected chi connectivity index (χ0v) is 14.7. The summed E-state index contributed by atoms with van der Waals surface area (Å²) >= 11 is 0. The Morgan fingerprint density at radius 3 is 2.29 bits per heavy atom. The molecule has 1 aliphatic heterocycles. The molecule has 4 nitrogen and oxygen atoms in total. The summed E-state index contributed by atoms with van der Waals surface area (Å²) in [4.78, 5) is 0. The molecule has 1 unspecified atom stereocenters. The first-order valence-electron chi connectivity index (χ1n) is 8.15. The molecule has 0 spiro atoms. The van der Waals surface area contributed by atoms with E-state index < -0.39 is 5.79 Å². The molecule has 0 amide bonds. The van der Waals surface area contributed by atoms with E-state index in [1.807, 2.05) is 44.2 Å². The Balaban J connectivity index is 2.01. The minimum absolute atomic E-state index is 0.00440. The van der Waals surface area contributed by atoms with Crippen LogP contribution in [0.15, 0.2) is 42.5 Å². The molecule has 0 saturated carbocycles. The van der Waals surface area contributed by atoms with Crippen molar-refractivity contribution in [2.75, 3.05) is 20.8 Å². The zero-order chi connectivity index (χ0) is 17.2. The summed E-state index contributed by atoms with van der Waals surface area (Å²) < 4.78 is 22.8. The number of ether oxygens (including phenoxy) is 4. The SMILES string of the molecule is COc1ccccc1-c1cccc(OC)c1CC1COC(C)(C)O1. The van der Waals surface area contributed by atoms with Gasteiger partial charge in [0.1, 0.15) is 11.5 Å². The Kier molecular flexibility index (Phi) is 4.78. The normalized spacial score (nSPS) is 19.2. The Morgan fingerprint density at radius 2 is 1.62 bits per heavy atom. The molecule has 2 aromatic carbocycles. The van der Waals surface area contributed by atoms with E-state index >= 15 is 0 Å². The lowest BCUT2D eigenvalue weighted by Gasteiger charge is -2.20. The fraction of sp³-hybridized carbons (Fsp3) is 0.400. The molecule has 0 aliphatic carbocycles. The van der Waals surface area contributed by atoms with Crippen LogP contribution in [0.4, 0.5) is 0 Å². The number of benzene rings is 2. The lowest BCUT2D eigenvalue weighted by Crippen LogP contribution is -2.22. The highest BCUT2D eigenvalue weighted by atomic mass is 16.7. The van der Waals surface area contributed by atoms with Crippen LogP contribution in [0.1, 0.15) is 19.4 Å². The van der Waals surface area contributed by atoms with E-state index in [1.165, 1.54) is 0 Å². The molecular weight excluding hydrogens is 304 g/mol. The van der Waals surface area contributed by atoms with Crippen molar-refractivity contribution in [3.8, 4) is 22.6 Å². The van der Waals surface area contributed by atoms with Gasteiger partial charge in [-0.05, 0) is 31.5 Å². The fourth-order valence-electron chi connectivity index (χ4n) is 3.18. The number of hydrogen-bond donors (Lipinski definition) is 0. The molecule has 3 rings (SSSR count). The van der Waals surface area contributed by atoms with Crippen molar-refractivity contribution in [3.63, 3.8) is 0 Å². The number of rotatable bonds is 5. The molecule has 1 fully saturated rings. The quantitative estimate of drug-likeness (QED) is 0.829. The van der Waals surface area contributed by atoms with Gasteiger partial charge < -0.3 is 18.9 Å². The van der Waals surface area contributed by atoms with Crippen LogP contribution < -0.4 is 9.47 Å². The molecule has 0 N–H and O–H groups in total. The van der Waals surface area contributed by atoms with E-state index in [1.54, 1.807) is 14.2 Å². The van der Waals surface area contributed by atoms with E-state index in [9.17, 15) is 0 Å². The Morgan fingerprint density at radius 1 is 0.958 bits per heavy atom. The number of para-hydroxylation sites is 1. The summed E-state index contributed by atoms with van der Waals surface area (Å²) in [5, 5.41) is 0. The van der Waals surface area contributed by atoms with Crippen LogP contribution >= 0.6 is 0 Å². The minimum Gasteiger partial charge on any atom is -0.496 e. The van der Waals surface area contributed by atoms with E-state index in [4.69, 9.17) is 18.9 Å². The first kappa shape index (κ1) is 16.8. The monoisotopic (exact) mass is 328 g/mol. The van der Waals surface area contributed by atoms with Gasteiger partial charge in [-0.3, -0.25) is 0 Å². The van der Waals surface area contributed by atoms with E-state index in [0.29, 0.717) is 6.61 Å². The van der Waals surface area contributed by atoms with Gasteiger partial charge >= 0.3 is 0 Å². The van der Waals surface area contributed by atoms with E-state index in [0.717, 1.165) is 34.6 Å². The van der Waals surface area contributed by atoms with Crippen LogP contribution in [0.2, 0.25) is 0 Å². The second kappa shape index (κ2) is 6.83. The maximum absolute atomic E-state index is 5.99. The van der Waals surface area contributed by atoms with Crippen LogP contribution in [0, 0.1) is 0 Å². The van der Waals surface area contributed by atoms with Gasteiger partial charge in [-0.1, -0.05) is 30.3 Å². The standard InChI is InChI=1S/C20H24O4/c1-20(2)23-13-14(24-20)12-17-15(9-7-11-19(17)22-4)16-8-5-6-10-18(16)21-3/h5-11,14H,12-13H2,1-4H3. The first-order valence-corrected chi connectivity index (χ1v) is 8.15. The number of hydrogen-bond acceptors (Lipinski definition) is 4. The molecule has 24 heavy (non-hydrogen) atoms. The van der Waals surface area contributed by atoms with Crippen molar-refractivity contribution in [1.29, 1.82) is 0 Å². The van der Waals surface area contributed by atoms with Crippen LogP contribution in [-0.4, -0.2) is 32.7 Å². The van der Waals surface area contributed by atoms with E-state index in [2.05, 4.69) is 12.1 Å². The van der Waals surface area contributed by atoms with Crippen molar-refractivity contribution in [1.82, 2.24) is 0 Å². The van der Waals surface area contributed by atoms with E-state index in [-0.39, 0.29) is 6.10 Å². The third-order valence-corrected chi connectivity index (χ3v) is 4.25. The molecule has 128 valence electrons. The highest BCUT2D eigenvalue weighted by Crippen LogP contribution is 2.38. The van der Waals surface area contributed by atoms with Crippen molar-refractivity contribution >= 4 is 0 Å². The molecule has 2 aromatic rings. The van der Waals surface area contributed by atoms with Crippen molar-refractivity contribution < 1.29 is 18.9 Å². The van der Waals surface area contributed by atoms with Crippen LogP contribution in [0.25, 0.3) is 11.1 Å². The van der Waals surface area contributed by atoms with Gasteiger partial charge in [-0.25, -0.2) is 0 Å². The van der Waals surface area contributed by atoms with Gasteiger partial charge in [0.15, 0.2) is 5.79 Å². The smallest absolute Gasteiger partial charge is 0.163 e. The molecule has 0 bridgehead atoms. The third kappa shape index (κ3) is 3.40. The van der Waals surface area contributed by atoms with Crippen LogP contribution in [0.3, 0.4) is 0 Å². The Bertz CT molecular complexity index is 709. The molecule has 0 radical (unpaired) electrons. The second-order valence-electron chi connectivity index (χ2n) is 6.34. The third-order valence-electron chi connectivity index (χ3n) is 4.25. The van der Waals surface area contributed by atoms with Gasteiger partial charge in [0, 0.05) is 17.5 Å². The topological polar surface area (TPSA) is 36.9 Å². The number of methoxy groups -OCH3 is 2. The summed E-state index contributed by atoms with van der Waals surface area (Å²) in [5.74, 6) is 1.17. The Labute approximate surface area is 143 Å². The Hall–Kier alpha value is -2.04. The summed E-state index contributed by atoms with van der Waals surface area (Å²) in [5.41, 5.74) is 3.25. The molecule has 1 atom stereocenters. The fourth-order valence-corrected chi connectivity index (χ4v) is 3.18. The van der Waals surface area contributed by atoms with Gasteiger partial charge in [0.25, 0.3) is 0 Å². The van der Waals surface area contributed by atoms with Gasteiger partial charge in [-0.2, -0.15) is 0 Å². The van der Waals surface area contributed by atoms with Crippen molar-refractivity contribution in [2.45, 2.75) is 32.2 Å². The second-order valence-corrected chi connectivity index (χ2v) is 6.34. The molecule has 4 heteroatoms. The predicted molar refractivity (Wildman–Crippen MR) is 93.6 cm³/mol. The summed E-state index contributed by atoms with van der Waals surface area (Å²) in [7, 11) is 3.38. The predicted octanol–water partition coefficient (Wildman–Crippen LogP) is 4.06. The van der Waals surface area contributed by atoms with Crippen LogP contribution in [0.5, 0.6) is 11.5 Å². The van der Waals surface area contributed by atoms with Crippen molar-refractivity contribution in [3.05, 3.63) is 48.0 Å². The molecule has 0 aromatic heterocycles. The molecule has 1 aliphatic rings. The maximum atomic E-state index is 5.99. The van der Waals surface area contributed by atoms with Gasteiger partial charge in [0.05, 0.1) is 26.9 Å². The molecular formula is C20H24O4. The lowest BCUT2D eigenvalue weighted by atomic mass is 9.94. The van der Waals surface area contributed by atoms with Crippen molar-refractivity contribution in [2.24, 2.45) is 0 Å². The summed E-state index contributed by atoms with van der Waals surface area (Å²) in [6.07, 6.45) is 0.727. The summed E-state index contributed by atoms with van der Waals surface area (Å²) in [6.45, 7) is 4.46. The average molecular weight is 328 g/mol. The van der Waals surface area contributed by atoms with Gasteiger partial charge in [0.2, 0.25) is 0 Å². The summed E-state index contributed by atoms with van der Waals surface area (Å²) in [6, 6.07) is 14.1. The van der Waals surface area contributed by atoms with Crippen LogP contribution in [-0.2, 0) is 15.9 Å². The average Bonchev–Trinajstić information content (AvgIpc) is 2.93. The largest absolute Gasteiger partial charge is 0.496 e. The highest BCUT2D eigenvalue weighted by molar-refractivity contribution is 5.75. The first-order chi connectivity index (χ1) is 11.5. The maximum Gasteiger partial charge on any atom is 0.163 e. The molecule has 1 saturated heterocycles.